The molecule has 2 heterocycles. The monoisotopic (exact) mass is 243 g/mol. The number of likely N-dealkylation sites (tertiary alicyclic amines) is 1. The van der Waals surface area contributed by atoms with E-state index in [0.717, 1.165) is 26.1 Å². The van der Waals surface area contributed by atoms with Crippen LogP contribution in [0, 0.1) is 0 Å². The lowest BCUT2D eigenvalue weighted by molar-refractivity contribution is 0.310. The topological polar surface area (TPSA) is 60.0 Å². The zero-order valence-corrected chi connectivity index (χ0v) is 10.2. The van der Waals surface area contributed by atoms with Gasteiger partial charge in [-0.05, 0) is 12.0 Å². The van der Waals surface area contributed by atoms with Crippen LogP contribution >= 0.6 is 0 Å². The van der Waals surface area contributed by atoms with E-state index in [1.807, 2.05) is 10.9 Å². The Morgan fingerprint density at radius 3 is 2.83 bits per heavy atom. The van der Waals surface area contributed by atoms with Gasteiger partial charge in [0.1, 0.15) is 0 Å². The zero-order valence-electron chi connectivity index (χ0n) is 10.2. The summed E-state index contributed by atoms with van der Waals surface area (Å²) >= 11 is 0. The molecule has 1 unspecified atom stereocenters. The van der Waals surface area contributed by atoms with Crippen molar-refractivity contribution in [3.05, 3.63) is 42.1 Å². The summed E-state index contributed by atoms with van der Waals surface area (Å²) in [5, 5.41) is 7.90. The molecular formula is C13H17N5. The van der Waals surface area contributed by atoms with E-state index in [-0.39, 0.29) is 0 Å². The summed E-state index contributed by atoms with van der Waals surface area (Å²) in [7, 11) is 0. The summed E-state index contributed by atoms with van der Waals surface area (Å²) in [5.41, 5.74) is 6.95. The van der Waals surface area contributed by atoms with Gasteiger partial charge in [-0.2, -0.15) is 0 Å². The van der Waals surface area contributed by atoms with Crippen molar-refractivity contribution in [2.75, 3.05) is 18.8 Å². The number of nitrogen functional groups attached to an aromatic ring is 1. The standard InChI is InChI=1S/C13H17N5/c14-13-10-18(16-15-13)12-6-7-17(9-12)8-11-4-2-1-3-5-11/h1-5,10,12H,6-9,14H2. The van der Waals surface area contributed by atoms with Gasteiger partial charge in [0.15, 0.2) is 5.82 Å². The molecule has 2 aromatic rings. The van der Waals surface area contributed by atoms with Crippen LogP contribution in [0.25, 0.3) is 0 Å². The van der Waals surface area contributed by atoms with Gasteiger partial charge in [-0.1, -0.05) is 35.5 Å². The Labute approximate surface area is 106 Å². The molecule has 2 N–H and O–H groups in total. The quantitative estimate of drug-likeness (QED) is 0.883. The second-order valence-electron chi connectivity index (χ2n) is 4.79. The molecule has 1 saturated heterocycles. The molecule has 0 amide bonds. The lowest BCUT2D eigenvalue weighted by atomic mass is 10.2. The average Bonchev–Trinajstić information content (AvgIpc) is 2.99. The molecule has 0 spiro atoms. The van der Waals surface area contributed by atoms with Gasteiger partial charge in [0.2, 0.25) is 0 Å². The third kappa shape index (κ3) is 2.36. The third-order valence-electron chi connectivity index (χ3n) is 3.40. The molecule has 1 aliphatic heterocycles. The van der Waals surface area contributed by atoms with Gasteiger partial charge in [-0.25, -0.2) is 4.68 Å². The number of aromatic nitrogens is 3. The highest BCUT2D eigenvalue weighted by molar-refractivity contribution is 5.20. The van der Waals surface area contributed by atoms with Crippen LogP contribution in [0.15, 0.2) is 36.5 Å². The third-order valence-corrected chi connectivity index (χ3v) is 3.40. The number of hydrogen-bond donors (Lipinski definition) is 1. The van der Waals surface area contributed by atoms with E-state index in [1.54, 1.807) is 0 Å². The van der Waals surface area contributed by atoms with Crippen LogP contribution in [-0.4, -0.2) is 33.0 Å². The Hall–Kier alpha value is -1.88. The highest BCUT2D eigenvalue weighted by Gasteiger charge is 2.24. The molecule has 94 valence electrons. The highest BCUT2D eigenvalue weighted by Crippen LogP contribution is 2.22. The Kier molecular flexibility index (Phi) is 2.98. The molecule has 3 rings (SSSR count). The van der Waals surface area contributed by atoms with E-state index in [4.69, 9.17) is 5.73 Å². The van der Waals surface area contributed by atoms with Gasteiger partial charge in [-0.15, -0.1) is 5.10 Å². The van der Waals surface area contributed by atoms with Crippen molar-refractivity contribution in [2.45, 2.75) is 19.0 Å². The van der Waals surface area contributed by atoms with Gasteiger partial charge in [0, 0.05) is 19.6 Å². The Morgan fingerprint density at radius 2 is 2.11 bits per heavy atom. The van der Waals surface area contributed by atoms with E-state index in [0.29, 0.717) is 11.9 Å². The van der Waals surface area contributed by atoms with Gasteiger partial charge >= 0.3 is 0 Å². The lowest BCUT2D eigenvalue weighted by Gasteiger charge is -2.15. The smallest absolute Gasteiger partial charge is 0.165 e. The van der Waals surface area contributed by atoms with Gasteiger partial charge in [-0.3, -0.25) is 4.90 Å². The predicted octanol–water partition coefficient (Wildman–Crippen LogP) is 1.31. The summed E-state index contributed by atoms with van der Waals surface area (Å²) in [6.45, 7) is 3.11. The van der Waals surface area contributed by atoms with Crippen molar-refractivity contribution in [3.8, 4) is 0 Å². The van der Waals surface area contributed by atoms with Crippen molar-refractivity contribution in [3.63, 3.8) is 0 Å². The molecule has 0 aliphatic carbocycles. The highest BCUT2D eigenvalue weighted by atomic mass is 15.5. The van der Waals surface area contributed by atoms with Crippen LogP contribution < -0.4 is 5.73 Å². The van der Waals surface area contributed by atoms with E-state index in [9.17, 15) is 0 Å². The summed E-state index contributed by atoms with van der Waals surface area (Å²) in [4.78, 5) is 2.44. The molecule has 1 aromatic heterocycles. The maximum Gasteiger partial charge on any atom is 0.165 e. The van der Waals surface area contributed by atoms with Crippen LogP contribution in [0.2, 0.25) is 0 Å². The minimum absolute atomic E-state index is 0.401. The number of nitrogens with two attached hydrogens (primary N) is 1. The predicted molar refractivity (Wildman–Crippen MR) is 69.8 cm³/mol. The summed E-state index contributed by atoms with van der Waals surface area (Å²) < 4.78 is 1.89. The van der Waals surface area contributed by atoms with Gasteiger partial charge in [0.05, 0.1) is 12.2 Å². The van der Waals surface area contributed by atoms with Crippen molar-refractivity contribution in [2.24, 2.45) is 0 Å². The number of nitrogens with zero attached hydrogens (tertiary/aromatic N) is 4. The molecule has 1 atom stereocenters. The van der Waals surface area contributed by atoms with Crippen molar-refractivity contribution in [1.82, 2.24) is 19.9 Å². The van der Waals surface area contributed by atoms with Crippen molar-refractivity contribution < 1.29 is 0 Å². The summed E-state index contributed by atoms with van der Waals surface area (Å²) in [6, 6.07) is 11.0. The zero-order chi connectivity index (χ0) is 12.4. The molecule has 5 nitrogen and oxygen atoms in total. The molecule has 1 fully saturated rings. The van der Waals surface area contributed by atoms with Crippen LogP contribution in [0.5, 0.6) is 0 Å². The number of rotatable bonds is 3. The molecule has 5 heteroatoms. The molecule has 0 bridgehead atoms. The Balaban J connectivity index is 1.62. The van der Waals surface area contributed by atoms with Crippen LogP contribution in [0.4, 0.5) is 5.82 Å². The van der Waals surface area contributed by atoms with Crippen molar-refractivity contribution >= 4 is 5.82 Å². The van der Waals surface area contributed by atoms with Crippen LogP contribution in [0.1, 0.15) is 18.0 Å². The maximum absolute atomic E-state index is 5.60. The van der Waals surface area contributed by atoms with E-state index in [1.165, 1.54) is 5.56 Å². The first-order valence-corrected chi connectivity index (χ1v) is 6.25. The van der Waals surface area contributed by atoms with E-state index >= 15 is 0 Å². The fourth-order valence-corrected chi connectivity index (χ4v) is 2.48. The summed E-state index contributed by atoms with van der Waals surface area (Å²) in [6.07, 6.45) is 2.92. The first-order chi connectivity index (χ1) is 8.81. The first kappa shape index (κ1) is 11.2. The molecule has 0 radical (unpaired) electrons. The Bertz CT molecular complexity index is 507. The number of benzene rings is 1. The van der Waals surface area contributed by atoms with Crippen LogP contribution in [-0.2, 0) is 6.54 Å². The number of hydrogen-bond acceptors (Lipinski definition) is 4. The van der Waals surface area contributed by atoms with Crippen molar-refractivity contribution in [1.29, 1.82) is 0 Å². The number of anilines is 1. The molecule has 1 aliphatic rings. The average molecular weight is 243 g/mol. The maximum atomic E-state index is 5.60. The van der Waals surface area contributed by atoms with E-state index in [2.05, 4.69) is 45.5 Å². The molecule has 0 saturated carbocycles. The molecule has 18 heavy (non-hydrogen) atoms. The molecular weight excluding hydrogens is 226 g/mol. The van der Waals surface area contributed by atoms with Crippen LogP contribution in [0.3, 0.4) is 0 Å². The minimum atomic E-state index is 0.401. The van der Waals surface area contributed by atoms with Gasteiger partial charge < -0.3 is 5.73 Å². The fourth-order valence-electron chi connectivity index (χ4n) is 2.48. The van der Waals surface area contributed by atoms with Gasteiger partial charge in [0.25, 0.3) is 0 Å². The first-order valence-electron chi connectivity index (χ1n) is 6.25. The second kappa shape index (κ2) is 4.78. The Morgan fingerprint density at radius 1 is 1.28 bits per heavy atom. The largest absolute Gasteiger partial charge is 0.381 e. The fraction of sp³-hybridized carbons (Fsp3) is 0.385. The van der Waals surface area contributed by atoms with E-state index < -0.39 is 0 Å². The normalized spacial score (nSPS) is 20.3. The summed E-state index contributed by atoms with van der Waals surface area (Å²) in [5.74, 6) is 0.497. The SMILES string of the molecule is Nc1cn(C2CCN(Cc3ccccc3)C2)nn1. The molecule has 1 aromatic carbocycles. The minimum Gasteiger partial charge on any atom is -0.381 e. The lowest BCUT2D eigenvalue weighted by Crippen LogP contribution is -2.21. The second-order valence-corrected chi connectivity index (χ2v) is 4.79.